The van der Waals surface area contributed by atoms with E-state index in [2.05, 4.69) is 42.5 Å². The summed E-state index contributed by atoms with van der Waals surface area (Å²) in [5.41, 5.74) is 1.84. The molecule has 0 unspecified atom stereocenters. The van der Waals surface area contributed by atoms with Gasteiger partial charge in [0.1, 0.15) is 16.5 Å². The van der Waals surface area contributed by atoms with Crippen LogP contribution in [-0.4, -0.2) is 36.9 Å². The van der Waals surface area contributed by atoms with E-state index in [-0.39, 0.29) is 6.04 Å². The van der Waals surface area contributed by atoms with Gasteiger partial charge in [0, 0.05) is 42.1 Å². The fraction of sp³-hybridized carbons (Fsp3) is 0.316. The molecule has 2 N–H and O–H groups in total. The molecule has 0 saturated carbocycles. The van der Waals surface area contributed by atoms with Gasteiger partial charge in [0.15, 0.2) is 11.6 Å². The Kier molecular flexibility index (Phi) is 4.68. The second kappa shape index (κ2) is 7.63. The number of anilines is 3. The summed E-state index contributed by atoms with van der Waals surface area (Å²) in [5.74, 6) is 2.93. The van der Waals surface area contributed by atoms with E-state index in [0.717, 1.165) is 53.8 Å². The molecule has 0 aliphatic carbocycles. The highest BCUT2D eigenvalue weighted by atomic mass is 32.1. The van der Waals surface area contributed by atoms with Gasteiger partial charge in [-0.1, -0.05) is 12.1 Å². The van der Waals surface area contributed by atoms with Gasteiger partial charge < -0.3 is 14.7 Å². The predicted octanol–water partition coefficient (Wildman–Crippen LogP) is 3.96. The zero-order valence-corrected chi connectivity index (χ0v) is 16.7. The van der Waals surface area contributed by atoms with Crippen molar-refractivity contribution in [3.8, 4) is 10.7 Å². The minimum absolute atomic E-state index is 0.0588. The summed E-state index contributed by atoms with van der Waals surface area (Å²) in [7, 11) is 0. The Labute approximate surface area is 171 Å². The third-order valence-corrected chi connectivity index (χ3v) is 5.72. The molecule has 1 aliphatic heterocycles. The van der Waals surface area contributed by atoms with Crippen LogP contribution in [0.2, 0.25) is 0 Å². The molecule has 0 spiro atoms. The number of aromatic amines is 1. The number of thiazole rings is 1. The Morgan fingerprint density at radius 1 is 1.28 bits per heavy atom. The van der Waals surface area contributed by atoms with Gasteiger partial charge in [-0.2, -0.15) is 10.1 Å². The topological polar surface area (TPSA) is 109 Å². The largest absolute Gasteiger partial charge is 0.358 e. The monoisotopic (exact) mass is 408 g/mol. The molecule has 1 fully saturated rings. The summed E-state index contributed by atoms with van der Waals surface area (Å²) in [4.78, 5) is 15.7. The molecule has 9 nitrogen and oxygen atoms in total. The molecule has 5 heterocycles. The zero-order chi connectivity index (χ0) is 19.6. The summed E-state index contributed by atoms with van der Waals surface area (Å²) >= 11 is 1.55. The third-order valence-electron chi connectivity index (χ3n) is 4.93. The quantitative estimate of drug-likeness (QED) is 0.493. The Bertz CT molecular complexity index is 1090. The average molecular weight is 408 g/mol. The SMILES string of the molecule is CCc1cc(Nc2ccnc(N3CCC[C@H]3c3cc(-c4nccs4)no3)n2)n[nH]1. The molecular weight excluding hydrogens is 388 g/mol. The molecule has 1 saturated heterocycles. The maximum Gasteiger partial charge on any atom is 0.227 e. The van der Waals surface area contributed by atoms with E-state index in [9.17, 15) is 0 Å². The van der Waals surface area contributed by atoms with Crippen molar-refractivity contribution < 1.29 is 4.52 Å². The standard InChI is InChI=1S/C19H20N8OS/c1-2-12-10-17(25-24-12)22-16-5-6-21-19(23-16)27-8-3-4-14(27)15-11-13(26-28-15)18-20-7-9-29-18/h5-7,9-11,14H,2-4,8H2,1H3,(H2,21,22,23,24,25)/t14-/m0/s1. The van der Waals surface area contributed by atoms with E-state index < -0.39 is 0 Å². The fourth-order valence-electron chi connectivity index (χ4n) is 3.49. The third kappa shape index (κ3) is 3.58. The van der Waals surface area contributed by atoms with Crippen LogP contribution in [0.3, 0.4) is 0 Å². The molecule has 0 bridgehead atoms. The number of rotatable bonds is 6. The Morgan fingerprint density at radius 3 is 3.07 bits per heavy atom. The van der Waals surface area contributed by atoms with Crippen LogP contribution in [-0.2, 0) is 6.42 Å². The Morgan fingerprint density at radius 2 is 2.24 bits per heavy atom. The number of nitrogens with zero attached hydrogens (tertiary/aromatic N) is 6. The molecule has 0 radical (unpaired) electrons. The van der Waals surface area contributed by atoms with Crippen molar-refractivity contribution in [2.45, 2.75) is 32.2 Å². The van der Waals surface area contributed by atoms with E-state index in [1.807, 2.05) is 23.6 Å². The van der Waals surface area contributed by atoms with E-state index in [4.69, 9.17) is 9.51 Å². The van der Waals surface area contributed by atoms with Crippen LogP contribution in [0.4, 0.5) is 17.6 Å². The van der Waals surface area contributed by atoms with Crippen LogP contribution < -0.4 is 10.2 Å². The van der Waals surface area contributed by atoms with Gasteiger partial charge in [0.05, 0.1) is 6.04 Å². The minimum Gasteiger partial charge on any atom is -0.358 e. The lowest BCUT2D eigenvalue weighted by atomic mass is 10.1. The van der Waals surface area contributed by atoms with Crippen LogP contribution in [0.15, 0.2) is 40.5 Å². The van der Waals surface area contributed by atoms with E-state index >= 15 is 0 Å². The summed E-state index contributed by atoms with van der Waals surface area (Å²) in [6, 6.07) is 5.85. The van der Waals surface area contributed by atoms with Crippen molar-refractivity contribution in [2.75, 3.05) is 16.8 Å². The highest BCUT2D eigenvalue weighted by Gasteiger charge is 2.31. The Hall–Kier alpha value is -3.27. The number of hydrogen-bond acceptors (Lipinski definition) is 9. The molecule has 4 aromatic heterocycles. The first-order valence-corrected chi connectivity index (χ1v) is 10.5. The lowest BCUT2D eigenvalue weighted by Gasteiger charge is -2.22. The molecule has 10 heteroatoms. The second-order valence-electron chi connectivity index (χ2n) is 6.80. The first kappa shape index (κ1) is 17.8. The van der Waals surface area contributed by atoms with Gasteiger partial charge in [-0.25, -0.2) is 9.97 Å². The van der Waals surface area contributed by atoms with Crippen LogP contribution in [0.25, 0.3) is 10.7 Å². The molecule has 29 heavy (non-hydrogen) atoms. The van der Waals surface area contributed by atoms with Gasteiger partial charge in [0.2, 0.25) is 5.95 Å². The van der Waals surface area contributed by atoms with Crippen LogP contribution in [0.1, 0.15) is 37.3 Å². The van der Waals surface area contributed by atoms with Crippen LogP contribution in [0, 0.1) is 0 Å². The lowest BCUT2D eigenvalue weighted by molar-refractivity contribution is 0.362. The van der Waals surface area contributed by atoms with Gasteiger partial charge in [-0.05, 0) is 25.3 Å². The van der Waals surface area contributed by atoms with Crippen molar-refractivity contribution in [2.24, 2.45) is 0 Å². The molecule has 4 aromatic rings. The van der Waals surface area contributed by atoms with E-state index in [0.29, 0.717) is 11.8 Å². The first-order valence-electron chi connectivity index (χ1n) is 9.57. The van der Waals surface area contributed by atoms with Gasteiger partial charge >= 0.3 is 0 Å². The molecule has 148 valence electrons. The minimum atomic E-state index is 0.0588. The van der Waals surface area contributed by atoms with Crippen molar-refractivity contribution in [3.63, 3.8) is 0 Å². The Balaban J connectivity index is 1.37. The van der Waals surface area contributed by atoms with Crippen LogP contribution in [0.5, 0.6) is 0 Å². The van der Waals surface area contributed by atoms with Crippen molar-refractivity contribution in [1.29, 1.82) is 0 Å². The number of aromatic nitrogens is 6. The van der Waals surface area contributed by atoms with Gasteiger partial charge in [-0.15, -0.1) is 11.3 Å². The average Bonchev–Trinajstić information content (AvgIpc) is 3.54. The van der Waals surface area contributed by atoms with Crippen molar-refractivity contribution in [1.82, 2.24) is 30.3 Å². The van der Waals surface area contributed by atoms with Gasteiger partial charge in [0.25, 0.3) is 0 Å². The molecule has 5 rings (SSSR count). The zero-order valence-electron chi connectivity index (χ0n) is 15.9. The highest BCUT2D eigenvalue weighted by Crippen LogP contribution is 2.36. The predicted molar refractivity (Wildman–Crippen MR) is 110 cm³/mol. The summed E-state index contributed by atoms with van der Waals surface area (Å²) in [5, 5.41) is 17.5. The van der Waals surface area contributed by atoms with Crippen molar-refractivity contribution in [3.05, 3.63) is 47.4 Å². The summed E-state index contributed by atoms with van der Waals surface area (Å²) in [6.07, 6.45) is 6.43. The smallest absolute Gasteiger partial charge is 0.227 e. The number of hydrogen-bond donors (Lipinski definition) is 2. The van der Waals surface area contributed by atoms with Crippen molar-refractivity contribution >= 4 is 28.9 Å². The summed E-state index contributed by atoms with van der Waals surface area (Å²) in [6.45, 7) is 2.95. The van der Waals surface area contributed by atoms with E-state index in [1.54, 1.807) is 23.7 Å². The second-order valence-corrected chi connectivity index (χ2v) is 7.70. The summed E-state index contributed by atoms with van der Waals surface area (Å²) < 4.78 is 5.65. The lowest BCUT2D eigenvalue weighted by Crippen LogP contribution is -2.24. The van der Waals surface area contributed by atoms with Gasteiger partial charge in [-0.3, -0.25) is 5.10 Å². The maximum atomic E-state index is 5.65. The number of H-pyrrole nitrogens is 1. The molecule has 0 aromatic carbocycles. The van der Waals surface area contributed by atoms with E-state index in [1.165, 1.54) is 0 Å². The molecular formula is C19H20N8OS. The first-order chi connectivity index (χ1) is 14.3. The van der Waals surface area contributed by atoms with Crippen LogP contribution >= 0.6 is 11.3 Å². The molecule has 1 atom stereocenters. The molecule has 0 amide bonds. The highest BCUT2D eigenvalue weighted by molar-refractivity contribution is 7.13. The fourth-order valence-corrected chi connectivity index (χ4v) is 4.08. The number of aryl methyl sites for hydroxylation is 1. The molecule has 1 aliphatic rings. The number of nitrogens with one attached hydrogen (secondary N) is 2. The maximum absolute atomic E-state index is 5.65. The normalized spacial score (nSPS) is 16.4.